The van der Waals surface area contributed by atoms with Crippen molar-refractivity contribution in [2.75, 3.05) is 0 Å². The van der Waals surface area contributed by atoms with E-state index in [1.54, 1.807) is 18.2 Å². The molecule has 1 aromatic carbocycles. The lowest BCUT2D eigenvalue weighted by Gasteiger charge is -1.98. The fraction of sp³-hybridized carbons (Fsp3) is 0.0714. The van der Waals surface area contributed by atoms with Crippen LogP contribution in [0.15, 0.2) is 40.8 Å². The molecule has 0 fully saturated rings. The molecule has 0 aliphatic heterocycles. The van der Waals surface area contributed by atoms with Gasteiger partial charge in [-0.3, -0.25) is 0 Å². The number of nitrogens with zero attached hydrogens (tertiary/aromatic N) is 1. The van der Waals surface area contributed by atoms with Gasteiger partial charge >= 0.3 is 0 Å². The molecule has 0 N–H and O–H groups in total. The number of hydrogen-bond donors (Lipinski definition) is 0. The molecule has 84 valence electrons. The molecule has 2 aromatic rings. The van der Waals surface area contributed by atoms with Crippen LogP contribution in [-0.4, -0.2) is 0 Å². The standard InChI is InChI=1S/C14H10ClNO/c1-10-2-7-14(17-10)8-12(9-16)11-3-5-13(15)6-4-11/h2-8H,1H3/b12-8-. The Morgan fingerprint density at radius 3 is 2.47 bits per heavy atom. The lowest BCUT2D eigenvalue weighted by atomic mass is 10.1. The Balaban J connectivity index is 2.37. The minimum atomic E-state index is 0.552. The maximum Gasteiger partial charge on any atom is 0.128 e. The van der Waals surface area contributed by atoms with Gasteiger partial charge in [0.1, 0.15) is 11.5 Å². The highest BCUT2D eigenvalue weighted by molar-refractivity contribution is 6.30. The Hall–Kier alpha value is -1.98. The minimum Gasteiger partial charge on any atom is -0.462 e. The predicted octanol–water partition coefficient (Wildman–Crippen LogP) is 4.31. The summed E-state index contributed by atoms with van der Waals surface area (Å²) in [5, 5.41) is 9.78. The molecule has 0 bridgehead atoms. The minimum absolute atomic E-state index is 0.552. The molecule has 2 nitrogen and oxygen atoms in total. The third-order valence-corrected chi connectivity index (χ3v) is 2.58. The van der Waals surface area contributed by atoms with E-state index in [1.807, 2.05) is 31.2 Å². The number of hydrogen-bond acceptors (Lipinski definition) is 2. The Labute approximate surface area is 105 Å². The summed E-state index contributed by atoms with van der Waals surface area (Å²) in [7, 11) is 0. The average Bonchev–Trinajstić information content (AvgIpc) is 2.73. The van der Waals surface area contributed by atoms with Crippen molar-refractivity contribution in [1.29, 1.82) is 5.26 Å². The zero-order valence-corrected chi connectivity index (χ0v) is 10.0. The van der Waals surface area contributed by atoms with Gasteiger partial charge in [-0.15, -0.1) is 0 Å². The van der Waals surface area contributed by atoms with Gasteiger partial charge in [0.2, 0.25) is 0 Å². The number of aryl methyl sites for hydroxylation is 1. The van der Waals surface area contributed by atoms with Crippen molar-refractivity contribution in [3.63, 3.8) is 0 Å². The van der Waals surface area contributed by atoms with Crippen LogP contribution in [0.1, 0.15) is 17.1 Å². The van der Waals surface area contributed by atoms with E-state index in [4.69, 9.17) is 21.3 Å². The first kappa shape index (κ1) is 11.5. The molecule has 0 atom stereocenters. The molecule has 0 spiro atoms. The van der Waals surface area contributed by atoms with Crippen molar-refractivity contribution in [3.8, 4) is 6.07 Å². The Morgan fingerprint density at radius 2 is 1.94 bits per heavy atom. The lowest BCUT2D eigenvalue weighted by molar-refractivity contribution is 0.525. The number of allylic oxidation sites excluding steroid dienone is 1. The van der Waals surface area contributed by atoms with Crippen molar-refractivity contribution in [2.45, 2.75) is 6.92 Å². The first-order chi connectivity index (χ1) is 8.19. The predicted molar refractivity (Wildman–Crippen MR) is 68.4 cm³/mol. The van der Waals surface area contributed by atoms with E-state index in [1.165, 1.54) is 0 Å². The quantitative estimate of drug-likeness (QED) is 0.737. The van der Waals surface area contributed by atoms with Gasteiger partial charge in [-0.2, -0.15) is 5.26 Å². The van der Waals surface area contributed by atoms with E-state index < -0.39 is 0 Å². The highest BCUT2D eigenvalue weighted by Crippen LogP contribution is 2.20. The second-order valence-corrected chi connectivity index (χ2v) is 4.06. The summed E-state index contributed by atoms with van der Waals surface area (Å²) < 4.78 is 5.41. The van der Waals surface area contributed by atoms with E-state index in [0.717, 1.165) is 11.3 Å². The van der Waals surface area contributed by atoms with Crippen LogP contribution in [-0.2, 0) is 0 Å². The Morgan fingerprint density at radius 1 is 1.24 bits per heavy atom. The van der Waals surface area contributed by atoms with Gasteiger partial charge in [0.05, 0.1) is 11.6 Å². The van der Waals surface area contributed by atoms with E-state index in [9.17, 15) is 0 Å². The van der Waals surface area contributed by atoms with Crippen LogP contribution in [0.4, 0.5) is 0 Å². The molecule has 0 saturated carbocycles. The molecule has 0 radical (unpaired) electrons. The summed E-state index contributed by atoms with van der Waals surface area (Å²) in [6, 6.07) is 13.0. The molecule has 0 aliphatic carbocycles. The third-order valence-electron chi connectivity index (χ3n) is 2.32. The first-order valence-electron chi connectivity index (χ1n) is 5.13. The Bertz CT molecular complexity index is 587. The van der Waals surface area contributed by atoms with Crippen LogP contribution in [0.25, 0.3) is 11.6 Å². The van der Waals surface area contributed by atoms with Crippen LogP contribution in [0.3, 0.4) is 0 Å². The highest BCUT2D eigenvalue weighted by Gasteiger charge is 2.02. The van der Waals surface area contributed by atoms with Crippen LogP contribution >= 0.6 is 11.6 Å². The fourth-order valence-corrected chi connectivity index (χ4v) is 1.61. The van der Waals surface area contributed by atoms with Crippen LogP contribution in [0.2, 0.25) is 5.02 Å². The number of nitriles is 1. The highest BCUT2D eigenvalue weighted by atomic mass is 35.5. The Kier molecular flexibility index (Phi) is 3.32. The summed E-state index contributed by atoms with van der Waals surface area (Å²) in [4.78, 5) is 0. The van der Waals surface area contributed by atoms with E-state index in [-0.39, 0.29) is 0 Å². The number of benzene rings is 1. The van der Waals surface area contributed by atoms with Gasteiger partial charge in [0.25, 0.3) is 0 Å². The fourth-order valence-electron chi connectivity index (χ4n) is 1.48. The van der Waals surface area contributed by atoms with Crippen molar-refractivity contribution < 1.29 is 4.42 Å². The summed E-state index contributed by atoms with van der Waals surface area (Å²) in [6.45, 7) is 1.87. The largest absolute Gasteiger partial charge is 0.462 e. The second-order valence-electron chi connectivity index (χ2n) is 3.63. The SMILES string of the molecule is Cc1ccc(/C=C(/C#N)c2ccc(Cl)cc2)o1. The topological polar surface area (TPSA) is 36.9 Å². The maximum absolute atomic E-state index is 9.12. The monoisotopic (exact) mass is 243 g/mol. The van der Waals surface area contributed by atoms with Gasteiger partial charge in [-0.25, -0.2) is 0 Å². The average molecular weight is 244 g/mol. The van der Waals surface area contributed by atoms with E-state index >= 15 is 0 Å². The number of furan rings is 1. The molecular weight excluding hydrogens is 234 g/mol. The summed E-state index contributed by atoms with van der Waals surface area (Å²) in [5.74, 6) is 1.50. The second kappa shape index (κ2) is 4.90. The van der Waals surface area contributed by atoms with Crippen molar-refractivity contribution in [2.24, 2.45) is 0 Å². The molecule has 2 rings (SSSR count). The summed E-state index contributed by atoms with van der Waals surface area (Å²) in [6.07, 6.45) is 1.72. The molecule has 0 unspecified atom stereocenters. The number of rotatable bonds is 2. The third kappa shape index (κ3) is 2.77. The van der Waals surface area contributed by atoms with Gasteiger partial charge in [0, 0.05) is 5.02 Å². The maximum atomic E-state index is 9.12. The van der Waals surface area contributed by atoms with Gasteiger partial charge in [-0.05, 0) is 42.8 Å². The van der Waals surface area contributed by atoms with Crippen LogP contribution < -0.4 is 0 Å². The first-order valence-corrected chi connectivity index (χ1v) is 5.51. The van der Waals surface area contributed by atoms with Crippen molar-refractivity contribution in [1.82, 2.24) is 0 Å². The molecule has 0 amide bonds. The van der Waals surface area contributed by atoms with Crippen molar-refractivity contribution >= 4 is 23.3 Å². The number of halogens is 1. The zero-order chi connectivity index (χ0) is 12.3. The van der Waals surface area contributed by atoms with Gasteiger partial charge in [0.15, 0.2) is 0 Å². The normalized spacial score (nSPS) is 11.2. The molecule has 17 heavy (non-hydrogen) atoms. The molecule has 1 aromatic heterocycles. The summed E-state index contributed by atoms with van der Waals surface area (Å²) >= 11 is 5.80. The van der Waals surface area contributed by atoms with Gasteiger partial charge in [-0.1, -0.05) is 23.7 Å². The molecule has 3 heteroatoms. The zero-order valence-electron chi connectivity index (χ0n) is 9.27. The van der Waals surface area contributed by atoms with Crippen molar-refractivity contribution in [3.05, 3.63) is 58.5 Å². The van der Waals surface area contributed by atoms with Crippen LogP contribution in [0.5, 0.6) is 0 Å². The molecule has 0 aliphatic rings. The van der Waals surface area contributed by atoms with E-state index in [0.29, 0.717) is 16.4 Å². The lowest BCUT2D eigenvalue weighted by Crippen LogP contribution is -1.80. The smallest absolute Gasteiger partial charge is 0.128 e. The molecule has 1 heterocycles. The molecule has 0 saturated heterocycles. The van der Waals surface area contributed by atoms with Gasteiger partial charge < -0.3 is 4.42 Å². The van der Waals surface area contributed by atoms with E-state index in [2.05, 4.69) is 6.07 Å². The summed E-state index contributed by atoms with van der Waals surface area (Å²) in [5.41, 5.74) is 1.38. The van der Waals surface area contributed by atoms with Crippen LogP contribution in [0, 0.1) is 18.3 Å². The molecular formula is C14H10ClNO.